The van der Waals surface area contributed by atoms with E-state index in [1.807, 2.05) is 13.0 Å². The van der Waals surface area contributed by atoms with Crippen molar-refractivity contribution < 1.29 is 0 Å². The summed E-state index contributed by atoms with van der Waals surface area (Å²) in [5, 5.41) is 3.36. The number of aromatic nitrogens is 5. The fraction of sp³-hybridized carbons (Fsp3) is 0.0192. The number of para-hydroxylation sites is 3. The summed E-state index contributed by atoms with van der Waals surface area (Å²) in [6, 6.07) is 66.9. The molecule has 0 radical (unpaired) electrons. The molecule has 0 N–H and O–H groups in total. The van der Waals surface area contributed by atoms with E-state index in [1.165, 1.54) is 19.6 Å². The molecule has 0 bridgehead atoms. The topological polar surface area (TPSA) is 48.5 Å². The highest BCUT2D eigenvalue weighted by Crippen LogP contribution is 2.73. The number of hydrogen-bond donors (Lipinski definition) is 0. The maximum atomic E-state index is 5.39. The van der Waals surface area contributed by atoms with Crippen molar-refractivity contribution in [3.8, 4) is 23.3 Å². The van der Waals surface area contributed by atoms with E-state index in [1.54, 1.807) is 0 Å². The van der Waals surface area contributed by atoms with Crippen molar-refractivity contribution in [3.05, 3.63) is 212 Å². The Morgan fingerprint density at radius 2 is 0.914 bits per heavy atom. The number of fused-ring (bicyclic) bond motifs is 4. The molecule has 10 aromatic rings. The summed E-state index contributed by atoms with van der Waals surface area (Å²) < 4.78 is 4.32. The second kappa shape index (κ2) is 14.7. The van der Waals surface area contributed by atoms with Crippen LogP contribution in [0.2, 0.25) is 0 Å². The van der Waals surface area contributed by atoms with Crippen molar-refractivity contribution in [2.75, 3.05) is 0 Å². The highest BCUT2D eigenvalue weighted by molar-refractivity contribution is 8.34. The predicted octanol–water partition coefficient (Wildman–Crippen LogP) is 13.6. The molecular formula is C52H39N5S. The summed E-state index contributed by atoms with van der Waals surface area (Å²) >= 11 is 0. The number of allylic oxidation sites excluding steroid dienone is 1. The Kier molecular flexibility index (Phi) is 8.89. The number of nitrogens with zero attached hydrogens (tertiary/aromatic N) is 5. The molecule has 5 nitrogen and oxygen atoms in total. The SMILES string of the molecule is C=Cc1c(/C=C\C)n(-c2nc(-c3cccc(S(c4ccccc4)(c4ccccc4)c4ccccc4)c3)nc(-n3c4ccccc4c4ccccc43)n2)c2ccccc12. The first kappa shape index (κ1) is 35.2. The average Bonchev–Trinajstić information content (AvgIpc) is 3.80. The van der Waals surface area contributed by atoms with Crippen molar-refractivity contribution in [1.29, 1.82) is 0 Å². The standard InChI is InChI=1S/C52H39N5S/c1-3-21-46-42(4-2)43-30-14-17-33-47(43)56(46)51-53-50(54-52(55-51)57-48-34-18-15-31-44(48)45-32-16-19-35-49(45)57)37-22-20-29-41(36-37)58(38-23-8-5-9-24-38,39-25-10-6-11-26-39)40-27-12-7-13-28-40/h3-36H,2H2,1H3/b21-3-. The molecule has 3 heterocycles. The summed E-state index contributed by atoms with van der Waals surface area (Å²) in [4.78, 5) is 21.1. The minimum Gasteiger partial charge on any atom is -0.278 e. The third-order valence-electron chi connectivity index (χ3n) is 10.8. The van der Waals surface area contributed by atoms with Crippen LogP contribution in [-0.2, 0) is 0 Å². The van der Waals surface area contributed by atoms with Gasteiger partial charge in [0.1, 0.15) is 0 Å². The molecule has 0 aliphatic heterocycles. The Labute approximate surface area is 339 Å². The van der Waals surface area contributed by atoms with Gasteiger partial charge in [-0.2, -0.15) is 15.0 Å². The van der Waals surface area contributed by atoms with E-state index in [0.29, 0.717) is 17.7 Å². The Hall–Kier alpha value is -7.28. The molecule has 0 aliphatic rings. The normalized spacial score (nSPS) is 12.2. The van der Waals surface area contributed by atoms with Crippen molar-refractivity contribution in [3.63, 3.8) is 0 Å². The van der Waals surface area contributed by atoms with E-state index >= 15 is 0 Å². The predicted molar refractivity (Wildman–Crippen MR) is 241 cm³/mol. The summed E-state index contributed by atoms with van der Waals surface area (Å²) in [6.07, 6.45) is 6.08. The van der Waals surface area contributed by atoms with E-state index in [4.69, 9.17) is 15.0 Å². The van der Waals surface area contributed by atoms with Crippen LogP contribution in [0, 0.1) is 0 Å². The van der Waals surface area contributed by atoms with E-state index in [-0.39, 0.29) is 0 Å². The molecule has 0 amide bonds. The molecule has 0 atom stereocenters. The summed E-state index contributed by atoms with van der Waals surface area (Å²) in [7, 11) is -1.96. The minimum absolute atomic E-state index is 0.525. The largest absolute Gasteiger partial charge is 0.278 e. The number of benzene rings is 7. The van der Waals surface area contributed by atoms with E-state index in [0.717, 1.165) is 49.5 Å². The first-order chi connectivity index (χ1) is 28.7. The molecule has 7 aromatic carbocycles. The van der Waals surface area contributed by atoms with Gasteiger partial charge in [0, 0.05) is 46.9 Å². The van der Waals surface area contributed by atoms with Gasteiger partial charge in [0.2, 0.25) is 11.9 Å². The van der Waals surface area contributed by atoms with Gasteiger partial charge >= 0.3 is 0 Å². The first-order valence-corrected chi connectivity index (χ1v) is 21.1. The molecule has 278 valence electrons. The van der Waals surface area contributed by atoms with E-state index in [2.05, 4.69) is 216 Å². The molecule has 0 saturated heterocycles. The molecule has 0 fully saturated rings. The highest BCUT2D eigenvalue weighted by atomic mass is 32.3. The maximum absolute atomic E-state index is 5.39. The van der Waals surface area contributed by atoms with Gasteiger partial charge in [0.05, 0.1) is 22.2 Å². The van der Waals surface area contributed by atoms with Crippen molar-refractivity contribution in [1.82, 2.24) is 24.1 Å². The van der Waals surface area contributed by atoms with Crippen LogP contribution in [0.5, 0.6) is 0 Å². The van der Waals surface area contributed by atoms with Gasteiger partial charge in [-0.1, -0.05) is 140 Å². The van der Waals surface area contributed by atoms with Crippen LogP contribution >= 0.6 is 10.0 Å². The zero-order valence-corrected chi connectivity index (χ0v) is 32.8. The fourth-order valence-electron chi connectivity index (χ4n) is 8.37. The fourth-order valence-corrected chi connectivity index (χ4v) is 12.3. The lowest BCUT2D eigenvalue weighted by atomic mass is 10.1. The van der Waals surface area contributed by atoms with Crippen molar-refractivity contribution in [2.24, 2.45) is 0 Å². The van der Waals surface area contributed by atoms with Crippen molar-refractivity contribution >= 4 is 54.9 Å². The first-order valence-electron chi connectivity index (χ1n) is 19.4. The zero-order valence-electron chi connectivity index (χ0n) is 32.0. The van der Waals surface area contributed by atoms with Crippen LogP contribution in [0.1, 0.15) is 18.2 Å². The molecule has 0 unspecified atom stereocenters. The van der Waals surface area contributed by atoms with Gasteiger partial charge in [-0.15, -0.1) is 10.0 Å². The van der Waals surface area contributed by atoms with Crippen LogP contribution in [0.25, 0.3) is 68.1 Å². The maximum Gasteiger partial charge on any atom is 0.240 e. The van der Waals surface area contributed by atoms with Crippen LogP contribution in [-0.4, -0.2) is 24.1 Å². The lowest BCUT2D eigenvalue weighted by molar-refractivity contribution is 0.876. The lowest BCUT2D eigenvalue weighted by Crippen LogP contribution is -2.11. The molecule has 58 heavy (non-hydrogen) atoms. The van der Waals surface area contributed by atoms with Gasteiger partial charge < -0.3 is 0 Å². The minimum atomic E-state index is -1.96. The van der Waals surface area contributed by atoms with Crippen molar-refractivity contribution in [2.45, 2.75) is 26.5 Å². The average molecular weight is 766 g/mol. The van der Waals surface area contributed by atoms with Crippen LogP contribution in [0.4, 0.5) is 0 Å². The summed E-state index contributed by atoms with van der Waals surface area (Å²) in [6.45, 7) is 6.26. The smallest absolute Gasteiger partial charge is 0.240 e. The Morgan fingerprint density at radius 3 is 1.43 bits per heavy atom. The molecule has 0 saturated carbocycles. The van der Waals surface area contributed by atoms with Gasteiger partial charge in [0.15, 0.2) is 5.82 Å². The third kappa shape index (κ3) is 5.60. The lowest BCUT2D eigenvalue weighted by Gasteiger charge is -2.42. The second-order valence-electron chi connectivity index (χ2n) is 14.1. The van der Waals surface area contributed by atoms with Crippen LogP contribution in [0.3, 0.4) is 0 Å². The van der Waals surface area contributed by atoms with Gasteiger partial charge in [-0.25, -0.2) is 0 Å². The molecule has 6 heteroatoms. The summed E-state index contributed by atoms with van der Waals surface area (Å²) in [5.74, 6) is 1.65. The van der Waals surface area contributed by atoms with E-state index in [9.17, 15) is 0 Å². The van der Waals surface area contributed by atoms with Crippen LogP contribution < -0.4 is 0 Å². The van der Waals surface area contributed by atoms with Gasteiger partial charge in [-0.05, 0) is 79.7 Å². The Morgan fingerprint density at radius 1 is 0.466 bits per heavy atom. The quantitative estimate of drug-likeness (QED) is 0.147. The molecule has 10 rings (SSSR count). The monoisotopic (exact) mass is 765 g/mol. The van der Waals surface area contributed by atoms with Crippen LogP contribution in [0.15, 0.2) is 220 Å². The highest BCUT2D eigenvalue weighted by Gasteiger charge is 2.33. The van der Waals surface area contributed by atoms with E-state index < -0.39 is 10.0 Å². The van der Waals surface area contributed by atoms with Gasteiger partial charge in [0.25, 0.3) is 0 Å². The second-order valence-corrected chi connectivity index (χ2v) is 17.2. The molecule has 0 aliphatic carbocycles. The number of hydrogen-bond acceptors (Lipinski definition) is 3. The summed E-state index contributed by atoms with van der Waals surface area (Å²) in [5.41, 5.74) is 5.93. The molecule has 0 spiro atoms. The molecular weight excluding hydrogens is 727 g/mol. The Bertz CT molecular complexity index is 3000. The number of rotatable bonds is 9. The molecule has 3 aromatic heterocycles. The van der Waals surface area contributed by atoms with Gasteiger partial charge in [-0.3, -0.25) is 9.13 Å². The zero-order chi connectivity index (χ0) is 39.1. The Balaban J connectivity index is 1.30. The third-order valence-corrected chi connectivity index (χ3v) is 14.7.